The lowest BCUT2D eigenvalue weighted by Crippen LogP contribution is -2.41. The predicted molar refractivity (Wildman–Crippen MR) is 54.9 cm³/mol. The third-order valence-electron chi connectivity index (χ3n) is 1.96. The van der Waals surface area contributed by atoms with E-state index in [4.69, 9.17) is 15.1 Å². The zero-order chi connectivity index (χ0) is 12.2. The molecule has 0 spiro atoms. The molecule has 0 radical (unpaired) electrons. The number of hydrogen-bond donors (Lipinski definition) is 2. The molecule has 0 aliphatic rings. The van der Waals surface area contributed by atoms with Crippen LogP contribution >= 0.6 is 0 Å². The van der Waals surface area contributed by atoms with Crippen molar-refractivity contribution in [3.05, 3.63) is 29.8 Å². The summed E-state index contributed by atoms with van der Waals surface area (Å²) in [5.74, 6) is -0.943. The van der Waals surface area contributed by atoms with E-state index < -0.39 is 11.6 Å². The quantitative estimate of drug-likeness (QED) is 0.783. The van der Waals surface area contributed by atoms with Crippen LogP contribution < -0.4 is 4.74 Å². The molecule has 0 amide bonds. The minimum Gasteiger partial charge on any atom is -0.490 e. The monoisotopic (exact) mass is 221 g/mol. The Labute approximate surface area is 92.5 Å². The van der Waals surface area contributed by atoms with Gasteiger partial charge in [-0.3, -0.25) is 0 Å². The summed E-state index contributed by atoms with van der Waals surface area (Å²) in [6, 6.07) is 8.11. The van der Waals surface area contributed by atoms with E-state index in [1.807, 2.05) is 6.07 Å². The van der Waals surface area contributed by atoms with Gasteiger partial charge in [-0.05, 0) is 31.2 Å². The Hall–Kier alpha value is -2.06. The van der Waals surface area contributed by atoms with Crippen molar-refractivity contribution < 1.29 is 19.7 Å². The number of ether oxygens (including phenoxy) is 1. The number of carboxylic acid groups (broad SMARTS) is 1. The first-order valence-corrected chi connectivity index (χ1v) is 4.54. The maximum atomic E-state index is 10.6. The number of rotatable bonds is 4. The molecule has 0 aromatic heterocycles. The van der Waals surface area contributed by atoms with Crippen LogP contribution in [0, 0.1) is 11.3 Å². The summed E-state index contributed by atoms with van der Waals surface area (Å²) in [6.07, 6.45) is 0. The highest BCUT2D eigenvalue weighted by molar-refractivity contribution is 5.76. The lowest BCUT2D eigenvalue weighted by atomic mass is 10.1. The molecule has 5 heteroatoms. The van der Waals surface area contributed by atoms with Crippen LogP contribution in [-0.2, 0) is 4.79 Å². The fourth-order valence-corrected chi connectivity index (χ4v) is 0.911. The second-order valence-electron chi connectivity index (χ2n) is 3.50. The van der Waals surface area contributed by atoms with Crippen LogP contribution in [0.4, 0.5) is 0 Å². The van der Waals surface area contributed by atoms with Crippen LogP contribution in [0.15, 0.2) is 24.3 Å². The Kier molecular flexibility index (Phi) is 3.48. The molecule has 16 heavy (non-hydrogen) atoms. The molecule has 5 nitrogen and oxygen atoms in total. The second-order valence-corrected chi connectivity index (χ2v) is 3.50. The minimum absolute atomic E-state index is 0.353. The van der Waals surface area contributed by atoms with Gasteiger partial charge in [0.1, 0.15) is 12.4 Å². The molecule has 84 valence electrons. The number of aliphatic hydroxyl groups is 1. The van der Waals surface area contributed by atoms with Crippen molar-refractivity contribution >= 4 is 5.97 Å². The van der Waals surface area contributed by atoms with E-state index >= 15 is 0 Å². The van der Waals surface area contributed by atoms with Gasteiger partial charge in [0.2, 0.25) is 0 Å². The minimum atomic E-state index is -1.92. The van der Waals surface area contributed by atoms with E-state index in [-0.39, 0.29) is 6.61 Å². The van der Waals surface area contributed by atoms with Crippen molar-refractivity contribution in [1.29, 1.82) is 5.26 Å². The van der Waals surface area contributed by atoms with Crippen molar-refractivity contribution in [3.8, 4) is 11.8 Å². The Morgan fingerprint density at radius 1 is 1.50 bits per heavy atom. The van der Waals surface area contributed by atoms with Crippen LogP contribution in [0.1, 0.15) is 12.5 Å². The summed E-state index contributed by atoms with van der Waals surface area (Å²) in [5.41, 5.74) is -1.44. The summed E-state index contributed by atoms with van der Waals surface area (Å²) in [7, 11) is 0. The molecule has 2 N–H and O–H groups in total. The van der Waals surface area contributed by atoms with E-state index in [1.54, 1.807) is 12.1 Å². The lowest BCUT2D eigenvalue weighted by molar-refractivity contribution is -0.159. The number of carboxylic acids is 1. The Morgan fingerprint density at radius 2 is 2.06 bits per heavy atom. The van der Waals surface area contributed by atoms with Gasteiger partial charge >= 0.3 is 5.97 Å². The molecule has 0 bridgehead atoms. The molecule has 0 saturated carbocycles. The zero-order valence-electron chi connectivity index (χ0n) is 8.67. The first-order valence-electron chi connectivity index (χ1n) is 4.54. The van der Waals surface area contributed by atoms with Gasteiger partial charge in [0.25, 0.3) is 0 Å². The molecular weight excluding hydrogens is 210 g/mol. The number of benzene rings is 1. The highest BCUT2D eigenvalue weighted by atomic mass is 16.5. The SMILES string of the molecule is CC(O)(COc1ccc(C#N)cc1)C(=O)O. The fraction of sp³-hybridized carbons (Fsp3) is 0.273. The molecule has 1 aromatic rings. The van der Waals surface area contributed by atoms with E-state index in [0.717, 1.165) is 6.92 Å². The molecular formula is C11H11NO4. The number of nitriles is 1. The first-order chi connectivity index (χ1) is 7.45. The van der Waals surface area contributed by atoms with Crippen molar-refractivity contribution in [1.82, 2.24) is 0 Å². The van der Waals surface area contributed by atoms with Crippen molar-refractivity contribution in [2.75, 3.05) is 6.61 Å². The van der Waals surface area contributed by atoms with Crippen LogP contribution in [0.5, 0.6) is 5.75 Å². The van der Waals surface area contributed by atoms with Gasteiger partial charge in [0.05, 0.1) is 11.6 Å². The van der Waals surface area contributed by atoms with E-state index in [1.165, 1.54) is 12.1 Å². The van der Waals surface area contributed by atoms with E-state index in [2.05, 4.69) is 0 Å². The Bertz CT molecular complexity index is 417. The maximum Gasteiger partial charge on any atom is 0.339 e. The molecule has 1 unspecified atom stereocenters. The van der Waals surface area contributed by atoms with Crippen LogP contribution in [0.3, 0.4) is 0 Å². The van der Waals surface area contributed by atoms with E-state index in [0.29, 0.717) is 11.3 Å². The van der Waals surface area contributed by atoms with Crippen LogP contribution in [0.25, 0.3) is 0 Å². The fourth-order valence-electron chi connectivity index (χ4n) is 0.911. The number of carbonyl (C=O) groups is 1. The largest absolute Gasteiger partial charge is 0.490 e. The van der Waals surface area contributed by atoms with Crippen molar-refractivity contribution in [3.63, 3.8) is 0 Å². The predicted octanol–water partition coefficient (Wildman–Crippen LogP) is 0.773. The molecule has 1 atom stereocenters. The smallest absolute Gasteiger partial charge is 0.339 e. The Morgan fingerprint density at radius 3 is 2.50 bits per heavy atom. The molecule has 0 saturated heterocycles. The molecule has 1 aromatic carbocycles. The summed E-state index contributed by atoms with van der Waals surface area (Å²) in [5, 5.41) is 26.6. The molecule has 1 rings (SSSR count). The summed E-state index contributed by atoms with van der Waals surface area (Å²) in [4.78, 5) is 10.6. The van der Waals surface area contributed by atoms with Gasteiger partial charge in [0, 0.05) is 0 Å². The van der Waals surface area contributed by atoms with E-state index in [9.17, 15) is 9.90 Å². The number of nitrogens with zero attached hydrogens (tertiary/aromatic N) is 1. The molecule has 0 heterocycles. The normalized spacial score (nSPS) is 13.6. The lowest BCUT2D eigenvalue weighted by Gasteiger charge is -2.18. The zero-order valence-corrected chi connectivity index (χ0v) is 8.67. The molecule has 0 aliphatic carbocycles. The molecule has 0 fully saturated rings. The van der Waals surface area contributed by atoms with Gasteiger partial charge in [-0.15, -0.1) is 0 Å². The van der Waals surface area contributed by atoms with Gasteiger partial charge < -0.3 is 14.9 Å². The number of aliphatic carboxylic acids is 1. The standard InChI is InChI=1S/C11H11NO4/c1-11(15,10(13)14)7-16-9-4-2-8(6-12)3-5-9/h2-5,15H,7H2,1H3,(H,13,14). The van der Waals surface area contributed by atoms with Gasteiger partial charge in [0.15, 0.2) is 5.60 Å². The summed E-state index contributed by atoms with van der Waals surface area (Å²) in [6.45, 7) is 0.799. The average molecular weight is 221 g/mol. The summed E-state index contributed by atoms with van der Waals surface area (Å²) >= 11 is 0. The highest BCUT2D eigenvalue weighted by Gasteiger charge is 2.30. The van der Waals surface area contributed by atoms with Gasteiger partial charge in [-0.2, -0.15) is 5.26 Å². The maximum absolute atomic E-state index is 10.6. The van der Waals surface area contributed by atoms with Crippen molar-refractivity contribution in [2.24, 2.45) is 0 Å². The third kappa shape index (κ3) is 2.97. The van der Waals surface area contributed by atoms with Crippen LogP contribution in [0.2, 0.25) is 0 Å². The molecule has 0 aliphatic heterocycles. The van der Waals surface area contributed by atoms with Crippen LogP contribution in [-0.4, -0.2) is 28.4 Å². The van der Waals surface area contributed by atoms with Crippen molar-refractivity contribution in [2.45, 2.75) is 12.5 Å². The van der Waals surface area contributed by atoms with Gasteiger partial charge in [-0.1, -0.05) is 0 Å². The second kappa shape index (κ2) is 4.64. The van der Waals surface area contributed by atoms with Gasteiger partial charge in [-0.25, -0.2) is 4.79 Å². The third-order valence-corrected chi connectivity index (χ3v) is 1.96. The first kappa shape index (κ1) is 12.0. The topological polar surface area (TPSA) is 90.5 Å². The average Bonchev–Trinajstić information content (AvgIpc) is 2.27. The summed E-state index contributed by atoms with van der Waals surface area (Å²) < 4.78 is 5.09. The Balaban J connectivity index is 2.62. The number of hydrogen-bond acceptors (Lipinski definition) is 4. The highest BCUT2D eigenvalue weighted by Crippen LogP contribution is 2.14.